The van der Waals surface area contributed by atoms with E-state index < -0.39 is 0 Å². The number of hydrogen-bond acceptors (Lipinski definition) is 3. The van der Waals surface area contributed by atoms with Crippen molar-refractivity contribution in [1.82, 2.24) is 14.7 Å². The molecule has 25 heavy (non-hydrogen) atoms. The maximum Gasteiger partial charge on any atom is 0.225 e. The summed E-state index contributed by atoms with van der Waals surface area (Å²) in [5, 5.41) is 4.54. The van der Waals surface area contributed by atoms with Crippen LogP contribution in [0, 0.1) is 11.7 Å². The summed E-state index contributed by atoms with van der Waals surface area (Å²) in [5.74, 6) is -0.119. The summed E-state index contributed by atoms with van der Waals surface area (Å²) in [6.07, 6.45) is 0.796. The lowest BCUT2D eigenvalue weighted by atomic mass is 10.0. The monoisotopic (exact) mass is 345 g/mol. The lowest BCUT2D eigenvalue weighted by molar-refractivity contribution is -0.135. The largest absolute Gasteiger partial charge is 0.370 e. The van der Waals surface area contributed by atoms with E-state index in [2.05, 4.69) is 5.10 Å². The smallest absolute Gasteiger partial charge is 0.225 e. The normalized spacial score (nSPS) is 14.0. The first kappa shape index (κ1) is 17.6. The van der Waals surface area contributed by atoms with Gasteiger partial charge in [-0.05, 0) is 6.07 Å². The lowest BCUT2D eigenvalue weighted by Gasteiger charge is -2.29. The highest BCUT2D eigenvalue weighted by Gasteiger charge is 2.27. The summed E-state index contributed by atoms with van der Waals surface area (Å²) in [4.78, 5) is 14.2. The molecule has 3 rings (SSSR count). The first-order valence-corrected chi connectivity index (χ1v) is 8.61. The van der Waals surface area contributed by atoms with Crippen LogP contribution in [0.1, 0.15) is 36.4 Å². The maximum absolute atomic E-state index is 13.7. The van der Waals surface area contributed by atoms with Crippen molar-refractivity contribution in [2.75, 3.05) is 6.54 Å². The summed E-state index contributed by atoms with van der Waals surface area (Å²) < 4.78 is 21.2. The van der Waals surface area contributed by atoms with Crippen LogP contribution in [0.3, 0.4) is 0 Å². The molecule has 2 heterocycles. The molecule has 0 atom stereocenters. The molecule has 0 saturated carbocycles. The molecule has 0 radical (unpaired) electrons. The molecular formula is C19H24FN3O2. The summed E-state index contributed by atoms with van der Waals surface area (Å²) in [6.45, 7) is 5.63. The third-order valence-electron chi connectivity index (χ3n) is 4.59. The Bertz CT molecular complexity index is 770. The van der Waals surface area contributed by atoms with Crippen LogP contribution in [-0.2, 0) is 42.8 Å². The summed E-state index contributed by atoms with van der Waals surface area (Å²) >= 11 is 0. The number of rotatable bonds is 5. The number of amides is 1. The van der Waals surface area contributed by atoms with Gasteiger partial charge in [0, 0.05) is 49.3 Å². The number of carbonyl (C=O) groups excluding carboxylic acids is 1. The van der Waals surface area contributed by atoms with Crippen molar-refractivity contribution in [2.24, 2.45) is 13.0 Å². The minimum atomic E-state index is -0.265. The van der Waals surface area contributed by atoms with Crippen LogP contribution in [-0.4, -0.2) is 27.1 Å². The fourth-order valence-corrected chi connectivity index (χ4v) is 3.21. The number of ether oxygens (including phenoxy) is 1. The van der Waals surface area contributed by atoms with E-state index in [0.717, 1.165) is 29.9 Å². The molecule has 134 valence electrons. The highest BCUT2D eigenvalue weighted by atomic mass is 19.1. The fraction of sp³-hybridized carbons (Fsp3) is 0.474. The topological polar surface area (TPSA) is 47.4 Å². The Balaban J connectivity index is 1.69. The Hall–Kier alpha value is -2.21. The number of halogens is 1. The second-order valence-corrected chi connectivity index (χ2v) is 6.74. The second kappa shape index (κ2) is 7.35. The van der Waals surface area contributed by atoms with Crippen molar-refractivity contribution in [3.05, 3.63) is 52.6 Å². The van der Waals surface area contributed by atoms with Crippen molar-refractivity contribution in [2.45, 2.75) is 40.0 Å². The number of aromatic nitrogens is 2. The number of carbonyl (C=O) groups is 1. The molecule has 1 aliphatic heterocycles. The number of hydrogen-bond donors (Lipinski definition) is 0. The van der Waals surface area contributed by atoms with Crippen molar-refractivity contribution in [1.29, 1.82) is 0 Å². The molecule has 0 aliphatic carbocycles. The van der Waals surface area contributed by atoms with E-state index in [1.165, 1.54) is 6.07 Å². The Morgan fingerprint density at radius 1 is 1.32 bits per heavy atom. The Kier molecular flexibility index (Phi) is 5.18. The molecule has 0 bridgehead atoms. The molecule has 1 aromatic heterocycles. The van der Waals surface area contributed by atoms with E-state index in [1.54, 1.807) is 18.2 Å². The van der Waals surface area contributed by atoms with Crippen LogP contribution >= 0.6 is 0 Å². The molecule has 1 aromatic carbocycles. The van der Waals surface area contributed by atoms with Gasteiger partial charge in [0.1, 0.15) is 5.82 Å². The third-order valence-corrected chi connectivity index (χ3v) is 4.59. The van der Waals surface area contributed by atoms with Crippen LogP contribution in [0.5, 0.6) is 0 Å². The predicted molar refractivity (Wildman–Crippen MR) is 92.1 cm³/mol. The predicted octanol–water partition coefficient (Wildman–Crippen LogP) is 2.82. The van der Waals surface area contributed by atoms with Gasteiger partial charge in [-0.3, -0.25) is 9.48 Å². The van der Waals surface area contributed by atoms with E-state index in [-0.39, 0.29) is 24.2 Å². The average Bonchev–Trinajstić information content (AvgIpc) is 2.91. The van der Waals surface area contributed by atoms with Crippen LogP contribution in [0.25, 0.3) is 0 Å². The zero-order chi connectivity index (χ0) is 18.0. The van der Waals surface area contributed by atoms with Gasteiger partial charge in [0.05, 0.1) is 18.9 Å². The minimum absolute atomic E-state index is 0.0148. The van der Waals surface area contributed by atoms with Gasteiger partial charge in [-0.2, -0.15) is 5.10 Å². The van der Waals surface area contributed by atoms with E-state index in [9.17, 15) is 9.18 Å². The van der Waals surface area contributed by atoms with Gasteiger partial charge < -0.3 is 9.64 Å². The van der Waals surface area contributed by atoms with Crippen molar-refractivity contribution in [3.8, 4) is 0 Å². The van der Waals surface area contributed by atoms with Gasteiger partial charge in [-0.25, -0.2) is 4.39 Å². The lowest BCUT2D eigenvalue weighted by Crippen LogP contribution is -2.38. The van der Waals surface area contributed by atoms with Gasteiger partial charge in [0.25, 0.3) is 0 Å². The minimum Gasteiger partial charge on any atom is -0.370 e. The molecule has 0 fully saturated rings. The Morgan fingerprint density at radius 3 is 2.80 bits per heavy atom. The third kappa shape index (κ3) is 3.74. The Labute approximate surface area is 147 Å². The molecule has 2 aromatic rings. The molecule has 1 amide bonds. The highest BCUT2D eigenvalue weighted by Crippen LogP contribution is 2.24. The standard InChI is InChI=1S/C19H24FN3O2/c1-13(2)19(24)23-9-8-18-15(10-23)17(21-22(18)3)12-25-11-14-6-4-5-7-16(14)20/h4-7,13H,8-12H2,1-3H3. The van der Waals surface area contributed by atoms with E-state index in [4.69, 9.17) is 4.74 Å². The van der Waals surface area contributed by atoms with Gasteiger partial charge in [-0.1, -0.05) is 32.0 Å². The summed E-state index contributed by atoms with van der Waals surface area (Å²) in [5.41, 5.74) is 3.58. The first-order chi connectivity index (χ1) is 12.0. The van der Waals surface area contributed by atoms with E-state index >= 15 is 0 Å². The quantitative estimate of drug-likeness (QED) is 0.837. The van der Waals surface area contributed by atoms with Crippen LogP contribution in [0.4, 0.5) is 4.39 Å². The van der Waals surface area contributed by atoms with Crippen molar-refractivity contribution in [3.63, 3.8) is 0 Å². The van der Waals surface area contributed by atoms with Gasteiger partial charge >= 0.3 is 0 Å². The maximum atomic E-state index is 13.7. The summed E-state index contributed by atoms with van der Waals surface area (Å²) in [7, 11) is 1.92. The van der Waals surface area contributed by atoms with Crippen LogP contribution in [0.15, 0.2) is 24.3 Å². The zero-order valence-corrected chi connectivity index (χ0v) is 15.0. The molecule has 5 nitrogen and oxygen atoms in total. The molecule has 0 N–H and O–H groups in total. The molecule has 1 aliphatic rings. The number of aryl methyl sites for hydroxylation is 1. The average molecular weight is 345 g/mol. The number of fused-ring (bicyclic) bond motifs is 1. The van der Waals surface area contributed by atoms with Gasteiger partial charge in [0.2, 0.25) is 5.91 Å². The van der Waals surface area contributed by atoms with E-state index in [1.807, 2.05) is 30.5 Å². The SMILES string of the molecule is CC(C)C(=O)N1CCc2c(c(COCc3ccccc3F)nn2C)C1. The molecule has 0 saturated heterocycles. The molecule has 6 heteroatoms. The Morgan fingerprint density at radius 2 is 2.08 bits per heavy atom. The molecule has 0 unspecified atom stereocenters. The van der Waals surface area contributed by atoms with Crippen LogP contribution < -0.4 is 0 Å². The highest BCUT2D eigenvalue weighted by molar-refractivity contribution is 5.78. The van der Waals surface area contributed by atoms with Crippen molar-refractivity contribution < 1.29 is 13.9 Å². The molecular weight excluding hydrogens is 321 g/mol. The second-order valence-electron chi connectivity index (χ2n) is 6.74. The van der Waals surface area contributed by atoms with Gasteiger partial charge in [0.15, 0.2) is 0 Å². The molecule has 0 spiro atoms. The fourth-order valence-electron chi connectivity index (χ4n) is 3.21. The number of benzene rings is 1. The first-order valence-electron chi connectivity index (χ1n) is 8.61. The van der Waals surface area contributed by atoms with Crippen LogP contribution in [0.2, 0.25) is 0 Å². The van der Waals surface area contributed by atoms with Gasteiger partial charge in [-0.15, -0.1) is 0 Å². The van der Waals surface area contributed by atoms with E-state index in [0.29, 0.717) is 18.7 Å². The summed E-state index contributed by atoms with van der Waals surface area (Å²) in [6, 6.07) is 6.59. The van der Waals surface area contributed by atoms with Crippen molar-refractivity contribution >= 4 is 5.91 Å². The number of nitrogens with zero attached hydrogens (tertiary/aromatic N) is 3. The zero-order valence-electron chi connectivity index (χ0n) is 15.0.